The van der Waals surface area contributed by atoms with E-state index in [1.165, 1.54) is 0 Å². The minimum atomic E-state index is -0.834. The third-order valence-electron chi connectivity index (χ3n) is 5.92. The molecule has 0 bridgehead atoms. The van der Waals surface area contributed by atoms with Crippen molar-refractivity contribution in [1.29, 1.82) is 0 Å². The zero-order valence-corrected chi connectivity index (χ0v) is 16.3. The van der Waals surface area contributed by atoms with E-state index >= 15 is 0 Å². The van der Waals surface area contributed by atoms with Crippen molar-refractivity contribution < 1.29 is 4.79 Å². The van der Waals surface area contributed by atoms with Crippen LogP contribution in [-0.2, 0) is 4.79 Å². The number of benzene rings is 2. The van der Waals surface area contributed by atoms with E-state index in [2.05, 4.69) is 5.32 Å². The third kappa shape index (κ3) is 2.91. The van der Waals surface area contributed by atoms with Crippen molar-refractivity contribution in [2.75, 3.05) is 6.54 Å². The van der Waals surface area contributed by atoms with Gasteiger partial charge in [0.05, 0.1) is 0 Å². The summed E-state index contributed by atoms with van der Waals surface area (Å²) < 4.78 is 0. The van der Waals surface area contributed by atoms with Crippen LogP contribution in [0.2, 0.25) is 15.1 Å². The van der Waals surface area contributed by atoms with Crippen molar-refractivity contribution in [3.8, 4) is 0 Å². The van der Waals surface area contributed by atoms with Crippen LogP contribution in [0.5, 0.6) is 0 Å². The summed E-state index contributed by atoms with van der Waals surface area (Å²) in [4.78, 5) is 12.4. The van der Waals surface area contributed by atoms with E-state index in [0.29, 0.717) is 28.0 Å². The summed E-state index contributed by atoms with van der Waals surface area (Å²) >= 11 is 18.7. The van der Waals surface area contributed by atoms with Crippen molar-refractivity contribution in [2.45, 2.75) is 30.2 Å². The van der Waals surface area contributed by atoms with Gasteiger partial charge in [-0.15, -0.1) is 0 Å². The van der Waals surface area contributed by atoms with Crippen molar-refractivity contribution in [3.63, 3.8) is 0 Å². The van der Waals surface area contributed by atoms with Gasteiger partial charge in [-0.2, -0.15) is 0 Å². The smallest absolute Gasteiger partial charge is 0.240 e. The molecule has 0 spiro atoms. The fourth-order valence-electron chi connectivity index (χ4n) is 4.62. The predicted octanol–water partition coefficient (Wildman–Crippen LogP) is 4.75. The van der Waals surface area contributed by atoms with Gasteiger partial charge in [0, 0.05) is 27.5 Å². The average molecular weight is 410 g/mol. The first-order chi connectivity index (χ1) is 12.4. The highest BCUT2D eigenvalue weighted by Crippen LogP contribution is 2.53. The van der Waals surface area contributed by atoms with Crippen LogP contribution in [0.15, 0.2) is 42.5 Å². The molecule has 2 aromatic carbocycles. The number of halogens is 3. The van der Waals surface area contributed by atoms with Crippen molar-refractivity contribution in [1.82, 2.24) is 5.32 Å². The number of rotatable bonds is 2. The summed E-state index contributed by atoms with van der Waals surface area (Å²) in [6.07, 6.45) is 1.42. The molecule has 1 aliphatic carbocycles. The minimum Gasteiger partial charge on any atom is -0.354 e. The lowest BCUT2D eigenvalue weighted by Crippen LogP contribution is -2.56. The zero-order valence-electron chi connectivity index (χ0n) is 14.0. The molecule has 0 aromatic heterocycles. The monoisotopic (exact) mass is 408 g/mol. The van der Waals surface area contributed by atoms with E-state index in [4.69, 9.17) is 40.5 Å². The van der Waals surface area contributed by atoms with Gasteiger partial charge in [0.1, 0.15) is 5.54 Å². The maximum absolute atomic E-state index is 12.4. The highest BCUT2D eigenvalue weighted by atomic mass is 35.5. The molecule has 1 aliphatic heterocycles. The number of fused-ring (bicyclic) bond motifs is 1. The van der Waals surface area contributed by atoms with Crippen LogP contribution in [0.4, 0.5) is 0 Å². The molecule has 4 unspecified atom stereocenters. The second kappa shape index (κ2) is 6.72. The predicted molar refractivity (Wildman–Crippen MR) is 106 cm³/mol. The van der Waals surface area contributed by atoms with Crippen molar-refractivity contribution in [3.05, 3.63) is 68.7 Å². The van der Waals surface area contributed by atoms with Crippen LogP contribution in [0, 0.1) is 5.92 Å². The molecular formula is C20H19Cl3N2O. The fourth-order valence-corrected chi connectivity index (χ4v) is 5.29. The second-order valence-electron chi connectivity index (χ2n) is 7.25. The Kier molecular flexibility index (Phi) is 4.68. The lowest BCUT2D eigenvalue weighted by atomic mass is 9.60. The first-order valence-electron chi connectivity index (χ1n) is 8.68. The van der Waals surface area contributed by atoms with E-state index in [1.807, 2.05) is 36.4 Å². The van der Waals surface area contributed by atoms with Gasteiger partial charge in [0.15, 0.2) is 0 Å². The number of carbonyl (C=O) groups excluding carboxylic acids is 1. The van der Waals surface area contributed by atoms with E-state index in [-0.39, 0.29) is 23.7 Å². The highest BCUT2D eigenvalue weighted by Gasteiger charge is 2.55. The first kappa shape index (κ1) is 18.1. The fraction of sp³-hybridized carbons (Fsp3) is 0.350. The molecule has 2 aliphatic rings. The molecule has 4 rings (SSSR count). The van der Waals surface area contributed by atoms with Crippen molar-refractivity contribution in [2.24, 2.45) is 11.7 Å². The Labute approximate surface area is 167 Å². The minimum absolute atomic E-state index is 0.00155. The van der Waals surface area contributed by atoms with Gasteiger partial charge in [0.2, 0.25) is 5.91 Å². The molecule has 3 N–H and O–H groups in total. The molecule has 136 valence electrons. The Hall–Kier alpha value is -1.26. The largest absolute Gasteiger partial charge is 0.354 e. The van der Waals surface area contributed by atoms with Crippen LogP contribution < -0.4 is 11.1 Å². The van der Waals surface area contributed by atoms with Gasteiger partial charge in [-0.1, -0.05) is 53.0 Å². The van der Waals surface area contributed by atoms with Crippen LogP contribution in [0.25, 0.3) is 0 Å². The zero-order chi connectivity index (χ0) is 18.5. The summed E-state index contributed by atoms with van der Waals surface area (Å²) in [5, 5.41) is 4.92. The maximum atomic E-state index is 12.4. The van der Waals surface area contributed by atoms with Crippen LogP contribution >= 0.6 is 34.8 Å². The molecule has 1 saturated heterocycles. The van der Waals surface area contributed by atoms with E-state index < -0.39 is 5.54 Å². The van der Waals surface area contributed by atoms with Crippen LogP contribution in [-0.4, -0.2) is 18.0 Å². The topological polar surface area (TPSA) is 55.1 Å². The van der Waals surface area contributed by atoms with E-state index in [9.17, 15) is 4.79 Å². The third-order valence-corrected chi connectivity index (χ3v) is 6.73. The number of nitrogens with two attached hydrogens (primary N) is 1. The number of hydrogen-bond acceptors (Lipinski definition) is 2. The highest BCUT2D eigenvalue weighted by molar-refractivity contribution is 6.35. The summed E-state index contributed by atoms with van der Waals surface area (Å²) in [5.74, 6) is 0.183. The van der Waals surface area contributed by atoms with Gasteiger partial charge >= 0.3 is 0 Å². The number of carbonyl (C=O) groups is 1. The standard InChI is InChI=1S/C20H19Cl3N2O/c21-12-3-1-11(2-4-12)18-15(14-6-5-13(22)9-17(14)23)7-8-20(24)16(18)10-25-19(20)26/h1-6,9,15-16,18H,7-8,10,24H2,(H,25,26). The van der Waals surface area contributed by atoms with Gasteiger partial charge in [-0.25, -0.2) is 0 Å². The molecule has 2 aromatic rings. The summed E-state index contributed by atoms with van der Waals surface area (Å²) in [6.45, 7) is 0.574. The molecule has 2 fully saturated rings. The molecule has 3 nitrogen and oxygen atoms in total. The summed E-state index contributed by atoms with van der Waals surface area (Å²) in [5.41, 5.74) is 7.92. The lowest BCUT2D eigenvalue weighted by Gasteiger charge is -2.44. The van der Waals surface area contributed by atoms with Crippen LogP contribution in [0.3, 0.4) is 0 Å². The Bertz CT molecular complexity index is 855. The number of nitrogens with one attached hydrogen (secondary N) is 1. The molecule has 4 atom stereocenters. The summed E-state index contributed by atoms with van der Waals surface area (Å²) in [7, 11) is 0. The molecule has 1 heterocycles. The number of hydrogen-bond donors (Lipinski definition) is 2. The summed E-state index contributed by atoms with van der Waals surface area (Å²) in [6, 6.07) is 13.5. The van der Waals surface area contributed by atoms with E-state index in [1.54, 1.807) is 6.07 Å². The molecule has 1 saturated carbocycles. The Morgan fingerprint density at radius 1 is 1.04 bits per heavy atom. The van der Waals surface area contributed by atoms with Crippen molar-refractivity contribution >= 4 is 40.7 Å². The van der Waals surface area contributed by atoms with Gasteiger partial charge in [-0.05, 0) is 60.1 Å². The van der Waals surface area contributed by atoms with E-state index in [0.717, 1.165) is 17.5 Å². The van der Waals surface area contributed by atoms with Gasteiger partial charge in [0.25, 0.3) is 0 Å². The molecule has 1 amide bonds. The quantitative estimate of drug-likeness (QED) is 0.752. The lowest BCUT2D eigenvalue weighted by molar-refractivity contribution is -0.125. The van der Waals surface area contributed by atoms with Crippen LogP contribution in [0.1, 0.15) is 35.8 Å². The Morgan fingerprint density at radius 3 is 2.42 bits per heavy atom. The SMILES string of the molecule is NC12CCC(c3ccc(Cl)cc3Cl)C(c3ccc(Cl)cc3)C1CNC2=O. The normalized spacial score (nSPS) is 30.8. The second-order valence-corrected chi connectivity index (χ2v) is 8.53. The first-order valence-corrected chi connectivity index (χ1v) is 9.81. The molecule has 0 radical (unpaired) electrons. The average Bonchev–Trinajstić information content (AvgIpc) is 2.91. The number of amides is 1. The molecule has 6 heteroatoms. The van der Waals surface area contributed by atoms with Gasteiger partial charge in [-0.3, -0.25) is 4.79 Å². The Morgan fingerprint density at radius 2 is 1.73 bits per heavy atom. The Balaban J connectivity index is 1.82. The molecule has 26 heavy (non-hydrogen) atoms. The van der Waals surface area contributed by atoms with Gasteiger partial charge < -0.3 is 11.1 Å². The molecular weight excluding hydrogens is 391 g/mol. The maximum Gasteiger partial charge on any atom is 0.240 e.